The van der Waals surface area contributed by atoms with Crippen molar-refractivity contribution in [3.8, 4) is 5.75 Å². The molecule has 1 aliphatic heterocycles. The van der Waals surface area contributed by atoms with Crippen molar-refractivity contribution in [1.82, 2.24) is 5.06 Å². The fourth-order valence-electron chi connectivity index (χ4n) is 5.28. The zero-order valence-electron chi connectivity index (χ0n) is 12.8. The van der Waals surface area contributed by atoms with Crippen LogP contribution in [0, 0.1) is 5.92 Å². The largest absolute Gasteiger partial charge is 0.508 e. The SMILES string of the molecule is CCON1CC[C@@]23CCCC[C@@H]2[C@@H]1Cc1ccc(O)cc13. The Labute approximate surface area is 126 Å². The van der Waals surface area contributed by atoms with Gasteiger partial charge in [-0.15, -0.1) is 0 Å². The number of phenolic OH excluding ortho intramolecular Hbond substituents is 1. The van der Waals surface area contributed by atoms with Crippen molar-refractivity contribution < 1.29 is 9.94 Å². The molecule has 1 aromatic carbocycles. The molecule has 3 atom stereocenters. The predicted molar refractivity (Wildman–Crippen MR) is 82.2 cm³/mol. The van der Waals surface area contributed by atoms with E-state index >= 15 is 0 Å². The second-order valence-electron chi connectivity index (χ2n) is 6.93. The summed E-state index contributed by atoms with van der Waals surface area (Å²) in [7, 11) is 0. The Morgan fingerprint density at radius 1 is 1.33 bits per heavy atom. The molecule has 114 valence electrons. The molecule has 0 radical (unpaired) electrons. The van der Waals surface area contributed by atoms with Gasteiger partial charge in [-0.2, -0.15) is 5.06 Å². The highest BCUT2D eigenvalue weighted by Crippen LogP contribution is 2.56. The molecule has 3 aliphatic rings. The van der Waals surface area contributed by atoms with E-state index in [0.717, 1.165) is 19.6 Å². The molecule has 1 saturated heterocycles. The molecule has 1 aromatic rings. The van der Waals surface area contributed by atoms with Crippen molar-refractivity contribution in [3.63, 3.8) is 0 Å². The quantitative estimate of drug-likeness (QED) is 0.905. The topological polar surface area (TPSA) is 32.7 Å². The van der Waals surface area contributed by atoms with Crippen molar-refractivity contribution >= 4 is 0 Å². The summed E-state index contributed by atoms with van der Waals surface area (Å²) in [6, 6.07) is 6.57. The van der Waals surface area contributed by atoms with Gasteiger partial charge in [0.15, 0.2) is 0 Å². The number of fused-ring (bicyclic) bond motifs is 1. The molecule has 1 heterocycles. The van der Waals surface area contributed by atoms with Crippen LogP contribution in [0.5, 0.6) is 5.75 Å². The molecule has 2 fully saturated rings. The Bertz CT molecular complexity index is 544. The van der Waals surface area contributed by atoms with Gasteiger partial charge in [0.25, 0.3) is 0 Å². The van der Waals surface area contributed by atoms with E-state index in [9.17, 15) is 5.11 Å². The lowest BCUT2D eigenvalue weighted by Crippen LogP contribution is -2.60. The number of hydrogen-bond donors (Lipinski definition) is 1. The first-order valence-corrected chi connectivity index (χ1v) is 8.46. The van der Waals surface area contributed by atoms with Crippen LogP contribution >= 0.6 is 0 Å². The summed E-state index contributed by atoms with van der Waals surface area (Å²) in [5.41, 5.74) is 3.17. The minimum atomic E-state index is 0.294. The van der Waals surface area contributed by atoms with E-state index in [1.54, 1.807) is 0 Å². The molecule has 21 heavy (non-hydrogen) atoms. The first-order valence-electron chi connectivity index (χ1n) is 8.46. The van der Waals surface area contributed by atoms with Crippen LogP contribution in [0.25, 0.3) is 0 Å². The summed E-state index contributed by atoms with van der Waals surface area (Å²) in [6.07, 6.45) is 7.50. The maximum atomic E-state index is 9.97. The first-order chi connectivity index (χ1) is 10.2. The number of nitrogens with zero attached hydrogens (tertiary/aromatic N) is 1. The van der Waals surface area contributed by atoms with Crippen LogP contribution in [-0.4, -0.2) is 29.4 Å². The molecular weight excluding hydrogens is 262 g/mol. The number of rotatable bonds is 2. The Kier molecular flexibility index (Phi) is 3.23. The van der Waals surface area contributed by atoms with E-state index in [1.165, 1.54) is 43.2 Å². The van der Waals surface area contributed by atoms with Crippen LogP contribution in [0.15, 0.2) is 18.2 Å². The molecule has 4 rings (SSSR count). The minimum Gasteiger partial charge on any atom is -0.508 e. The molecule has 3 nitrogen and oxygen atoms in total. The highest BCUT2D eigenvalue weighted by Gasteiger charge is 2.54. The number of phenols is 1. The molecule has 2 bridgehead atoms. The van der Waals surface area contributed by atoms with Crippen LogP contribution in [-0.2, 0) is 16.7 Å². The summed E-state index contributed by atoms with van der Waals surface area (Å²) in [6.45, 7) is 3.88. The Morgan fingerprint density at radius 3 is 3.10 bits per heavy atom. The van der Waals surface area contributed by atoms with Gasteiger partial charge in [-0.1, -0.05) is 18.9 Å². The molecule has 0 spiro atoms. The van der Waals surface area contributed by atoms with Crippen LogP contribution in [0.2, 0.25) is 0 Å². The Balaban J connectivity index is 1.81. The lowest BCUT2D eigenvalue weighted by molar-refractivity contribution is -0.227. The standard InChI is InChI=1S/C18H25NO2/c1-2-21-19-10-9-18-8-4-3-5-15(18)17(19)11-13-6-7-14(20)12-16(13)18/h6-7,12,15,17,20H,2-5,8-11H2,1H3/t15-,17+,18+/m1/s1. The van der Waals surface area contributed by atoms with E-state index in [4.69, 9.17) is 4.84 Å². The van der Waals surface area contributed by atoms with Gasteiger partial charge in [0, 0.05) is 18.0 Å². The van der Waals surface area contributed by atoms with Gasteiger partial charge in [0.2, 0.25) is 0 Å². The smallest absolute Gasteiger partial charge is 0.115 e. The zero-order chi connectivity index (χ0) is 14.4. The maximum absolute atomic E-state index is 9.97. The number of piperidine rings is 1. The lowest BCUT2D eigenvalue weighted by atomic mass is 9.52. The van der Waals surface area contributed by atoms with Crippen molar-refractivity contribution in [2.45, 2.75) is 56.9 Å². The van der Waals surface area contributed by atoms with Gasteiger partial charge in [-0.05, 0) is 61.8 Å². The number of benzene rings is 1. The van der Waals surface area contributed by atoms with Crippen molar-refractivity contribution in [2.75, 3.05) is 13.2 Å². The monoisotopic (exact) mass is 287 g/mol. The first kappa shape index (κ1) is 13.6. The molecule has 0 amide bonds. The van der Waals surface area contributed by atoms with Gasteiger partial charge >= 0.3 is 0 Å². The van der Waals surface area contributed by atoms with E-state index in [1.807, 2.05) is 6.07 Å². The maximum Gasteiger partial charge on any atom is 0.115 e. The number of aromatic hydroxyl groups is 1. The molecule has 1 N–H and O–H groups in total. The fourth-order valence-corrected chi connectivity index (χ4v) is 5.28. The van der Waals surface area contributed by atoms with E-state index in [0.29, 0.717) is 23.1 Å². The second-order valence-corrected chi connectivity index (χ2v) is 6.93. The van der Waals surface area contributed by atoms with E-state index in [2.05, 4.69) is 24.1 Å². The van der Waals surface area contributed by atoms with Gasteiger partial charge in [0.1, 0.15) is 5.75 Å². The van der Waals surface area contributed by atoms with Crippen molar-refractivity contribution in [2.24, 2.45) is 5.92 Å². The minimum absolute atomic E-state index is 0.294. The number of hydrogen-bond acceptors (Lipinski definition) is 3. The van der Waals surface area contributed by atoms with E-state index in [-0.39, 0.29) is 0 Å². The second kappa shape index (κ2) is 4.99. The van der Waals surface area contributed by atoms with Gasteiger partial charge in [-0.25, -0.2) is 0 Å². The molecule has 0 aromatic heterocycles. The molecule has 1 saturated carbocycles. The third-order valence-electron chi connectivity index (χ3n) is 6.06. The highest BCUT2D eigenvalue weighted by molar-refractivity contribution is 5.45. The van der Waals surface area contributed by atoms with Crippen LogP contribution < -0.4 is 0 Å². The van der Waals surface area contributed by atoms with Crippen molar-refractivity contribution in [1.29, 1.82) is 0 Å². The Hall–Kier alpha value is -1.06. The molecule has 0 unspecified atom stereocenters. The fraction of sp³-hybridized carbons (Fsp3) is 0.667. The molecule has 2 aliphatic carbocycles. The Morgan fingerprint density at radius 2 is 2.24 bits per heavy atom. The average Bonchev–Trinajstić information content (AvgIpc) is 2.51. The summed E-state index contributed by atoms with van der Waals surface area (Å²) < 4.78 is 0. The van der Waals surface area contributed by atoms with Crippen LogP contribution in [0.4, 0.5) is 0 Å². The summed E-state index contributed by atoms with van der Waals surface area (Å²) >= 11 is 0. The van der Waals surface area contributed by atoms with Crippen LogP contribution in [0.1, 0.15) is 50.2 Å². The summed E-state index contributed by atoms with van der Waals surface area (Å²) in [5, 5.41) is 12.2. The highest BCUT2D eigenvalue weighted by atomic mass is 16.7. The number of hydroxylamine groups is 2. The third-order valence-corrected chi connectivity index (χ3v) is 6.06. The van der Waals surface area contributed by atoms with Crippen molar-refractivity contribution in [3.05, 3.63) is 29.3 Å². The van der Waals surface area contributed by atoms with Gasteiger partial charge in [0.05, 0.1) is 6.61 Å². The van der Waals surface area contributed by atoms with Gasteiger partial charge in [-0.3, -0.25) is 4.84 Å². The normalized spacial score (nSPS) is 35.1. The lowest BCUT2D eigenvalue weighted by Gasteiger charge is -2.58. The third kappa shape index (κ3) is 1.94. The molecular formula is C18H25NO2. The predicted octanol–water partition coefficient (Wildman–Crippen LogP) is 3.40. The van der Waals surface area contributed by atoms with Gasteiger partial charge < -0.3 is 5.11 Å². The van der Waals surface area contributed by atoms with Crippen LogP contribution in [0.3, 0.4) is 0 Å². The summed E-state index contributed by atoms with van der Waals surface area (Å²) in [4.78, 5) is 5.94. The van der Waals surface area contributed by atoms with E-state index < -0.39 is 0 Å². The summed E-state index contributed by atoms with van der Waals surface area (Å²) in [5.74, 6) is 1.12. The average molecular weight is 287 g/mol. The molecule has 3 heteroatoms. The zero-order valence-corrected chi connectivity index (χ0v) is 12.8.